The van der Waals surface area contributed by atoms with E-state index < -0.39 is 0 Å². The van der Waals surface area contributed by atoms with Crippen molar-refractivity contribution < 1.29 is 19.4 Å². The zero-order valence-corrected chi connectivity index (χ0v) is 20.6. The molecule has 184 valence electrons. The number of rotatable bonds is 10. The van der Waals surface area contributed by atoms with Gasteiger partial charge in [0, 0.05) is 22.9 Å². The molecule has 0 aliphatic heterocycles. The molecule has 4 rings (SSSR count). The minimum absolute atomic E-state index is 0.00958. The van der Waals surface area contributed by atoms with Crippen molar-refractivity contribution in [3.63, 3.8) is 0 Å². The van der Waals surface area contributed by atoms with Crippen LogP contribution in [0, 0.1) is 0 Å². The number of nitrogens with zero attached hydrogens (tertiary/aromatic N) is 4. The molecule has 36 heavy (non-hydrogen) atoms. The van der Waals surface area contributed by atoms with Gasteiger partial charge in [0.05, 0.1) is 25.7 Å². The number of methoxy groups -OCH3 is 1. The Labute approximate surface area is 212 Å². The van der Waals surface area contributed by atoms with Crippen molar-refractivity contribution in [3.05, 3.63) is 78.4 Å². The number of nitrogens with one attached hydrogen (secondary N) is 1. The van der Waals surface area contributed by atoms with Crippen LogP contribution in [0.2, 0.25) is 0 Å². The molecule has 0 aliphatic carbocycles. The number of hydrogen-bond donors (Lipinski definition) is 2. The van der Waals surface area contributed by atoms with Gasteiger partial charge in [-0.15, -0.1) is 10.2 Å². The van der Waals surface area contributed by atoms with Crippen molar-refractivity contribution in [1.29, 1.82) is 0 Å². The lowest BCUT2D eigenvalue weighted by Gasteiger charge is -2.10. The van der Waals surface area contributed by atoms with Crippen molar-refractivity contribution in [1.82, 2.24) is 20.2 Å². The summed E-state index contributed by atoms with van der Waals surface area (Å²) in [7, 11) is 1.62. The molecule has 1 amide bonds. The Morgan fingerprint density at radius 3 is 2.53 bits per heavy atom. The predicted octanol–water partition coefficient (Wildman–Crippen LogP) is 4.29. The van der Waals surface area contributed by atoms with Crippen LogP contribution in [0.5, 0.6) is 17.2 Å². The average Bonchev–Trinajstić information content (AvgIpc) is 3.33. The summed E-state index contributed by atoms with van der Waals surface area (Å²) in [5.74, 6) is 1.71. The number of carbonyl (C=O) groups excluding carboxylic acids is 1. The highest BCUT2D eigenvalue weighted by atomic mass is 32.2. The molecule has 0 saturated heterocycles. The van der Waals surface area contributed by atoms with Crippen LogP contribution in [0.3, 0.4) is 0 Å². The first-order valence-electron chi connectivity index (χ1n) is 11.1. The summed E-state index contributed by atoms with van der Waals surface area (Å²) in [5, 5.41) is 23.3. The van der Waals surface area contributed by atoms with Gasteiger partial charge in [0.25, 0.3) is 5.91 Å². The summed E-state index contributed by atoms with van der Waals surface area (Å²) in [6.45, 7) is 2.36. The molecule has 2 N–H and O–H groups in total. The topological polar surface area (TPSA) is 111 Å². The van der Waals surface area contributed by atoms with E-state index in [1.54, 1.807) is 19.2 Å². The van der Waals surface area contributed by atoms with E-state index in [1.807, 2.05) is 66.1 Å². The maximum absolute atomic E-state index is 12.4. The van der Waals surface area contributed by atoms with Crippen molar-refractivity contribution in [2.75, 3.05) is 19.5 Å². The summed E-state index contributed by atoms with van der Waals surface area (Å²) in [5.41, 5.74) is 4.67. The molecule has 0 radical (unpaired) electrons. The molecule has 0 fully saturated rings. The highest BCUT2D eigenvalue weighted by Crippen LogP contribution is 2.29. The maximum Gasteiger partial charge on any atom is 0.250 e. The van der Waals surface area contributed by atoms with Gasteiger partial charge in [0.15, 0.2) is 11.0 Å². The van der Waals surface area contributed by atoms with Gasteiger partial charge in [-0.25, -0.2) is 5.43 Å². The number of thioether (sulfide) groups is 1. The van der Waals surface area contributed by atoms with Crippen LogP contribution in [0.15, 0.2) is 83.1 Å². The molecule has 0 saturated carbocycles. The standard InChI is InChI=1S/C26H25N5O4S/c1-3-35-22-14-11-19(23(32)15-22)16-27-28-24(33)17-36-26-30-29-25(18-9-12-21(34-2)13-10-18)31(26)20-7-5-4-6-8-20/h4-16,32H,3,17H2,1-2H3,(H,28,33)/b27-16-. The van der Waals surface area contributed by atoms with Crippen LogP contribution in [0.1, 0.15) is 12.5 Å². The molecule has 1 aromatic heterocycles. The summed E-state index contributed by atoms with van der Waals surface area (Å²) < 4.78 is 12.5. The van der Waals surface area contributed by atoms with E-state index in [9.17, 15) is 9.90 Å². The number of aromatic hydroxyl groups is 1. The Kier molecular flexibility index (Phi) is 8.20. The number of phenols is 1. The molecule has 0 atom stereocenters. The third-order valence-corrected chi connectivity index (χ3v) is 5.96. The second-order valence-electron chi connectivity index (χ2n) is 7.44. The zero-order valence-electron chi connectivity index (χ0n) is 19.8. The summed E-state index contributed by atoms with van der Waals surface area (Å²) in [6, 6.07) is 22.1. The molecular formula is C26H25N5O4S. The van der Waals surface area contributed by atoms with Crippen molar-refractivity contribution >= 4 is 23.9 Å². The van der Waals surface area contributed by atoms with Gasteiger partial charge in [-0.05, 0) is 55.5 Å². The first-order chi connectivity index (χ1) is 17.6. The van der Waals surface area contributed by atoms with E-state index in [0.29, 0.717) is 28.9 Å². The first-order valence-corrected chi connectivity index (χ1v) is 12.1. The van der Waals surface area contributed by atoms with Gasteiger partial charge in [0.1, 0.15) is 17.2 Å². The molecule has 1 heterocycles. The maximum atomic E-state index is 12.4. The average molecular weight is 504 g/mol. The van der Waals surface area contributed by atoms with Gasteiger partial charge in [0.2, 0.25) is 0 Å². The van der Waals surface area contributed by atoms with E-state index in [2.05, 4.69) is 20.7 Å². The normalized spacial score (nSPS) is 10.9. The highest BCUT2D eigenvalue weighted by Gasteiger charge is 2.17. The van der Waals surface area contributed by atoms with Crippen LogP contribution in [-0.2, 0) is 4.79 Å². The monoisotopic (exact) mass is 503 g/mol. The Hall–Kier alpha value is -4.31. The lowest BCUT2D eigenvalue weighted by atomic mass is 10.2. The number of carbonyl (C=O) groups is 1. The van der Waals surface area contributed by atoms with Crippen molar-refractivity contribution in [3.8, 4) is 34.3 Å². The van der Waals surface area contributed by atoms with Gasteiger partial charge >= 0.3 is 0 Å². The molecule has 0 unspecified atom stereocenters. The number of ether oxygens (including phenoxy) is 2. The minimum atomic E-state index is -0.324. The molecule has 3 aromatic carbocycles. The summed E-state index contributed by atoms with van der Waals surface area (Å²) in [6.07, 6.45) is 1.38. The quantitative estimate of drug-likeness (QED) is 0.189. The van der Waals surface area contributed by atoms with Crippen LogP contribution < -0.4 is 14.9 Å². The van der Waals surface area contributed by atoms with Crippen LogP contribution in [-0.4, -0.2) is 51.5 Å². The first kappa shape index (κ1) is 24.8. The van der Waals surface area contributed by atoms with E-state index in [-0.39, 0.29) is 17.4 Å². The molecule has 0 spiro atoms. The Bertz CT molecular complexity index is 1340. The molecule has 4 aromatic rings. The minimum Gasteiger partial charge on any atom is -0.507 e. The molecule has 9 nitrogen and oxygen atoms in total. The Morgan fingerprint density at radius 1 is 1.08 bits per heavy atom. The lowest BCUT2D eigenvalue weighted by molar-refractivity contribution is -0.118. The van der Waals surface area contributed by atoms with E-state index in [0.717, 1.165) is 17.0 Å². The number of amides is 1. The van der Waals surface area contributed by atoms with Gasteiger partial charge in [-0.1, -0.05) is 30.0 Å². The third kappa shape index (κ3) is 6.02. The van der Waals surface area contributed by atoms with Gasteiger partial charge in [-0.3, -0.25) is 9.36 Å². The number of aromatic nitrogens is 3. The highest BCUT2D eigenvalue weighted by molar-refractivity contribution is 7.99. The van der Waals surface area contributed by atoms with E-state index in [1.165, 1.54) is 24.0 Å². The van der Waals surface area contributed by atoms with Gasteiger partial charge in [-0.2, -0.15) is 5.10 Å². The second kappa shape index (κ2) is 11.9. The largest absolute Gasteiger partial charge is 0.507 e. The number of hydrogen-bond acceptors (Lipinski definition) is 8. The predicted molar refractivity (Wildman–Crippen MR) is 139 cm³/mol. The number of para-hydroxylation sites is 1. The van der Waals surface area contributed by atoms with E-state index >= 15 is 0 Å². The molecule has 0 aliphatic rings. The van der Waals surface area contributed by atoms with Crippen molar-refractivity contribution in [2.45, 2.75) is 12.1 Å². The number of benzene rings is 3. The zero-order chi connectivity index (χ0) is 25.3. The third-order valence-electron chi connectivity index (χ3n) is 5.03. The lowest BCUT2D eigenvalue weighted by Crippen LogP contribution is -2.20. The summed E-state index contributed by atoms with van der Waals surface area (Å²) >= 11 is 1.24. The van der Waals surface area contributed by atoms with Crippen LogP contribution in [0.25, 0.3) is 17.1 Å². The van der Waals surface area contributed by atoms with Crippen LogP contribution in [0.4, 0.5) is 0 Å². The molecule has 10 heteroatoms. The smallest absolute Gasteiger partial charge is 0.250 e. The van der Waals surface area contributed by atoms with Crippen LogP contribution >= 0.6 is 11.8 Å². The molecular weight excluding hydrogens is 478 g/mol. The summed E-state index contributed by atoms with van der Waals surface area (Å²) in [4.78, 5) is 12.4. The number of phenolic OH excluding ortho intramolecular Hbond substituents is 1. The number of hydrazone groups is 1. The fourth-order valence-electron chi connectivity index (χ4n) is 3.33. The van der Waals surface area contributed by atoms with Gasteiger partial charge < -0.3 is 14.6 Å². The fraction of sp³-hybridized carbons (Fsp3) is 0.154. The SMILES string of the molecule is CCOc1ccc(/C=N\NC(=O)CSc2nnc(-c3ccc(OC)cc3)n2-c2ccccc2)c(O)c1. The fourth-order valence-corrected chi connectivity index (χ4v) is 4.07. The Balaban J connectivity index is 1.46. The second-order valence-corrected chi connectivity index (χ2v) is 8.38. The Morgan fingerprint density at radius 2 is 1.83 bits per heavy atom. The van der Waals surface area contributed by atoms with Crippen molar-refractivity contribution in [2.24, 2.45) is 5.10 Å². The van der Waals surface area contributed by atoms with E-state index in [4.69, 9.17) is 9.47 Å². The molecule has 0 bridgehead atoms.